The van der Waals surface area contributed by atoms with E-state index in [9.17, 15) is 4.79 Å². The minimum absolute atomic E-state index is 0.0312. The van der Waals surface area contributed by atoms with Crippen LogP contribution in [0.1, 0.15) is 90.9 Å². The zero-order valence-electron chi connectivity index (χ0n) is 15.2. The van der Waals surface area contributed by atoms with Crippen LogP contribution in [0.2, 0.25) is 0 Å². The van der Waals surface area contributed by atoms with Crippen LogP contribution >= 0.6 is 12.6 Å². The highest BCUT2D eigenvalue weighted by Crippen LogP contribution is 2.42. The molecule has 23 heavy (non-hydrogen) atoms. The summed E-state index contributed by atoms with van der Waals surface area (Å²) in [7, 11) is 0. The molecule has 134 valence electrons. The molecule has 3 unspecified atom stereocenters. The average Bonchev–Trinajstić information content (AvgIpc) is 2.52. The molecule has 0 aliphatic heterocycles. The van der Waals surface area contributed by atoms with Gasteiger partial charge in [0, 0.05) is 12.0 Å². The summed E-state index contributed by atoms with van der Waals surface area (Å²) in [5.41, 5.74) is 6.67. The molecule has 3 atom stereocenters. The summed E-state index contributed by atoms with van der Waals surface area (Å²) in [6, 6.07) is 0. The van der Waals surface area contributed by atoms with Gasteiger partial charge in [0.25, 0.3) is 0 Å². The molecule has 0 spiro atoms. The molecule has 2 saturated carbocycles. The van der Waals surface area contributed by atoms with Gasteiger partial charge in [0.2, 0.25) is 0 Å². The first kappa shape index (κ1) is 19.3. The van der Waals surface area contributed by atoms with Crippen molar-refractivity contribution in [2.75, 3.05) is 0 Å². The normalized spacial score (nSPS) is 36.9. The highest BCUT2D eigenvalue weighted by atomic mass is 32.1. The van der Waals surface area contributed by atoms with Crippen LogP contribution < -0.4 is 5.73 Å². The van der Waals surface area contributed by atoms with E-state index in [1.807, 2.05) is 0 Å². The SMILES string of the molecule is CCCC(C)CCCC1CCC(N)(C2CCC(S)C(=O)C2)CC1. The molecule has 3 heteroatoms. The second-order valence-corrected chi connectivity index (χ2v) is 9.09. The van der Waals surface area contributed by atoms with Crippen LogP contribution in [0.3, 0.4) is 0 Å². The van der Waals surface area contributed by atoms with Crippen LogP contribution in [-0.4, -0.2) is 16.6 Å². The Balaban J connectivity index is 1.71. The fourth-order valence-corrected chi connectivity index (χ4v) is 5.05. The summed E-state index contributed by atoms with van der Waals surface area (Å²) in [5, 5.41) is -0.0312. The standard InChI is InChI=1S/C20H37NOS/c1-3-5-15(2)6-4-7-16-10-12-20(21,13-11-16)17-8-9-19(23)18(22)14-17/h15-17,19,23H,3-14,21H2,1-2H3. The quantitative estimate of drug-likeness (QED) is 0.630. The van der Waals surface area contributed by atoms with Crippen molar-refractivity contribution in [3.8, 4) is 0 Å². The molecule has 0 saturated heterocycles. The van der Waals surface area contributed by atoms with Crippen LogP contribution in [0.25, 0.3) is 0 Å². The topological polar surface area (TPSA) is 43.1 Å². The molecule has 0 radical (unpaired) electrons. The number of thiol groups is 1. The van der Waals surface area contributed by atoms with Crippen LogP contribution in [0.4, 0.5) is 0 Å². The summed E-state index contributed by atoms with van der Waals surface area (Å²) < 4.78 is 0. The lowest BCUT2D eigenvalue weighted by Gasteiger charge is -2.45. The van der Waals surface area contributed by atoms with Crippen molar-refractivity contribution in [1.82, 2.24) is 0 Å². The molecule has 2 aliphatic carbocycles. The van der Waals surface area contributed by atoms with Crippen molar-refractivity contribution in [1.29, 1.82) is 0 Å². The van der Waals surface area contributed by atoms with Gasteiger partial charge in [0.05, 0.1) is 5.25 Å². The second-order valence-electron chi connectivity index (χ2n) is 8.46. The molecule has 0 aromatic carbocycles. The Bertz CT molecular complexity index is 376. The lowest BCUT2D eigenvalue weighted by atomic mass is 9.65. The number of Topliss-reactive ketones (excluding diaryl/α,β-unsaturated/α-hetero) is 1. The maximum atomic E-state index is 12.0. The number of nitrogens with two attached hydrogens (primary N) is 1. The first-order valence-electron chi connectivity index (χ1n) is 9.94. The van der Waals surface area contributed by atoms with E-state index in [1.54, 1.807) is 0 Å². The van der Waals surface area contributed by atoms with Gasteiger partial charge in [-0.15, -0.1) is 0 Å². The van der Waals surface area contributed by atoms with E-state index in [2.05, 4.69) is 26.5 Å². The number of rotatable bonds is 7. The molecule has 2 N–H and O–H groups in total. The molecular formula is C20H37NOS. The highest BCUT2D eigenvalue weighted by molar-refractivity contribution is 7.81. The summed E-state index contributed by atoms with van der Waals surface area (Å²) in [4.78, 5) is 12.0. The molecule has 2 aliphatic rings. The molecule has 0 aromatic heterocycles. The van der Waals surface area contributed by atoms with Crippen molar-refractivity contribution in [2.45, 2.75) is 102 Å². The predicted molar refractivity (Wildman–Crippen MR) is 102 cm³/mol. The van der Waals surface area contributed by atoms with E-state index >= 15 is 0 Å². The first-order chi connectivity index (χ1) is 10.9. The van der Waals surface area contributed by atoms with E-state index in [-0.39, 0.29) is 10.8 Å². The number of carbonyl (C=O) groups excluding carboxylic acids is 1. The third-order valence-corrected chi connectivity index (χ3v) is 7.09. The summed E-state index contributed by atoms with van der Waals surface area (Å²) >= 11 is 4.38. The molecule has 0 bridgehead atoms. The lowest BCUT2D eigenvalue weighted by Crippen LogP contribution is -2.52. The minimum Gasteiger partial charge on any atom is -0.325 e. The maximum Gasteiger partial charge on any atom is 0.145 e. The molecule has 0 aromatic rings. The van der Waals surface area contributed by atoms with Gasteiger partial charge in [0.15, 0.2) is 0 Å². The monoisotopic (exact) mass is 339 g/mol. The van der Waals surface area contributed by atoms with E-state index in [4.69, 9.17) is 5.73 Å². The van der Waals surface area contributed by atoms with Gasteiger partial charge in [-0.25, -0.2) is 0 Å². The third-order valence-electron chi connectivity index (χ3n) is 6.55. The fourth-order valence-electron chi connectivity index (χ4n) is 4.80. The maximum absolute atomic E-state index is 12.0. The van der Waals surface area contributed by atoms with Gasteiger partial charge in [-0.05, 0) is 56.3 Å². The molecule has 2 fully saturated rings. The van der Waals surface area contributed by atoms with E-state index < -0.39 is 0 Å². The Kier molecular flexibility index (Phi) is 7.47. The molecule has 0 heterocycles. The number of carbonyl (C=O) groups is 1. The van der Waals surface area contributed by atoms with Crippen molar-refractivity contribution >= 4 is 18.4 Å². The van der Waals surface area contributed by atoms with Gasteiger partial charge < -0.3 is 5.73 Å². The van der Waals surface area contributed by atoms with Gasteiger partial charge >= 0.3 is 0 Å². The van der Waals surface area contributed by atoms with E-state index in [1.165, 1.54) is 44.9 Å². The van der Waals surface area contributed by atoms with Crippen molar-refractivity contribution in [3.05, 3.63) is 0 Å². The molecular weight excluding hydrogens is 302 g/mol. The smallest absolute Gasteiger partial charge is 0.145 e. The van der Waals surface area contributed by atoms with Crippen LogP contribution in [0.15, 0.2) is 0 Å². The Morgan fingerprint density at radius 1 is 1.22 bits per heavy atom. The summed E-state index contributed by atoms with van der Waals surface area (Å²) in [6.45, 7) is 4.68. The Hall–Kier alpha value is -0.0200. The largest absolute Gasteiger partial charge is 0.325 e. The van der Waals surface area contributed by atoms with Gasteiger partial charge in [0.1, 0.15) is 5.78 Å². The number of hydrogen-bond donors (Lipinski definition) is 2. The van der Waals surface area contributed by atoms with Crippen LogP contribution in [0, 0.1) is 17.8 Å². The Labute approximate surface area is 148 Å². The van der Waals surface area contributed by atoms with Gasteiger partial charge in [-0.1, -0.05) is 46.0 Å². The predicted octanol–water partition coefficient (Wildman–Crippen LogP) is 5.15. The Morgan fingerprint density at radius 2 is 1.91 bits per heavy atom. The van der Waals surface area contributed by atoms with E-state index in [0.29, 0.717) is 18.1 Å². The highest BCUT2D eigenvalue weighted by Gasteiger charge is 2.41. The fraction of sp³-hybridized carbons (Fsp3) is 0.950. The molecule has 0 amide bonds. The number of hydrogen-bond acceptors (Lipinski definition) is 3. The van der Waals surface area contributed by atoms with Gasteiger partial charge in [-0.2, -0.15) is 12.6 Å². The summed E-state index contributed by atoms with van der Waals surface area (Å²) in [5.74, 6) is 2.49. The average molecular weight is 340 g/mol. The summed E-state index contributed by atoms with van der Waals surface area (Å²) in [6.07, 6.45) is 14.3. The van der Waals surface area contributed by atoms with Crippen molar-refractivity contribution < 1.29 is 4.79 Å². The second kappa shape index (κ2) is 8.89. The van der Waals surface area contributed by atoms with Crippen molar-refractivity contribution in [2.24, 2.45) is 23.5 Å². The minimum atomic E-state index is -0.0738. The Morgan fingerprint density at radius 3 is 2.52 bits per heavy atom. The van der Waals surface area contributed by atoms with Crippen LogP contribution in [0.5, 0.6) is 0 Å². The van der Waals surface area contributed by atoms with Crippen molar-refractivity contribution in [3.63, 3.8) is 0 Å². The van der Waals surface area contributed by atoms with E-state index in [0.717, 1.165) is 37.5 Å². The zero-order chi connectivity index (χ0) is 16.9. The molecule has 2 rings (SSSR count). The zero-order valence-corrected chi connectivity index (χ0v) is 16.1. The van der Waals surface area contributed by atoms with Gasteiger partial charge in [-0.3, -0.25) is 4.79 Å². The first-order valence-corrected chi connectivity index (χ1v) is 10.5. The third kappa shape index (κ3) is 5.49. The number of ketones is 1. The molecule has 2 nitrogen and oxygen atoms in total. The lowest BCUT2D eigenvalue weighted by molar-refractivity contribution is -0.122. The van der Waals surface area contributed by atoms with Crippen LogP contribution in [-0.2, 0) is 4.79 Å².